The molecule has 1 atom stereocenters. The predicted molar refractivity (Wildman–Crippen MR) is 126 cm³/mol. The van der Waals surface area contributed by atoms with Crippen LogP contribution in [0.2, 0.25) is 0 Å². The number of aromatic amines is 1. The molecule has 3 aromatic rings. The number of hydrogen-bond donors (Lipinski definition) is 1. The summed E-state index contributed by atoms with van der Waals surface area (Å²) in [6.07, 6.45) is 8.18. The molecule has 3 heterocycles. The van der Waals surface area contributed by atoms with Crippen molar-refractivity contribution in [3.63, 3.8) is 0 Å². The maximum absolute atomic E-state index is 13.4. The van der Waals surface area contributed by atoms with Crippen molar-refractivity contribution < 1.29 is 0 Å². The summed E-state index contributed by atoms with van der Waals surface area (Å²) in [6.45, 7) is 8.41. The number of nitrogens with zero attached hydrogens (tertiary/aromatic N) is 5. The van der Waals surface area contributed by atoms with Crippen LogP contribution in [0.1, 0.15) is 86.5 Å². The molecule has 0 bridgehead atoms. The molecule has 0 amide bonds. The molecular weight excluding hydrogens is 400 g/mol. The zero-order chi connectivity index (χ0) is 22.2. The predicted octanol–water partition coefficient (Wildman–Crippen LogP) is 4.46. The highest BCUT2D eigenvalue weighted by atomic mass is 16.1. The molecule has 2 fully saturated rings. The lowest BCUT2D eigenvalue weighted by Crippen LogP contribution is -2.40. The van der Waals surface area contributed by atoms with Crippen LogP contribution in [0.5, 0.6) is 0 Å². The molecule has 1 aromatic carbocycles. The van der Waals surface area contributed by atoms with Crippen LogP contribution < -0.4 is 5.56 Å². The van der Waals surface area contributed by atoms with Crippen molar-refractivity contribution in [3.8, 4) is 0 Å². The van der Waals surface area contributed by atoms with E-state index in [0.29, 0.717) is 12.0 Å². The number of aryl methyl sites for hydroxylation is 2. The Bertz CT molecular complexity index is 1150. The van der Waals surface area contributed by atoms with Crippen LogP contribution >= 0.6 is 0 Å². The second kappa shape index (κ2) is 8.77. The Morgan fingerprint density at radius 3 is 2.47 bits per heavy atom. The van der Waals surface area contributed by atoms with Gasteiger partial charge in [0.05, 0.1) is 6.04 Å². The van der Waals surface area contributed by atoms with Gasteiger partial charge in [0.15, 0.2) is 5.82 Å². The zero-order valence-corrected chi connectivity index (χ0v) is 19.5. The molecule has 32 heavy (non-hydrogen) atoms. The summed E-state index contributed by atoms with van der Waals surface area (Å²) < 4.78 is 2.03. The number of nitrogens with one attached hydrogen (secondary N) is 1. The smallest absolute Gasteiger partial charge is 0.253 e. The number of piperidine rings is 1. The average molecular weight is 435 g/mol. The second-order valence-electron chi connectivity index (χ2n) is 9.97. The van der Waals surface area contributed by atoms with Crippen molar-refractivity contribution in [3.05, 3.63) is 51.1 Å². The van der Waals surface area contributed by atoms with Crippen LogP contribution in [0.15, 0.2) is 23.0 Å². The lowest BCUT2D eigenvalue weighted by molar-refractivity contribution is 0.146. The average Bonchev–Trinajstić information content (AvgIpc) is 3.27. The van der Waals surface area contributed by atoms with Crippen molar-refractivity contribution >= 4 is 10.9 Å². The van der Waals surface area contributed by atoms with E-state index in [0.717, 1.165) is 61.1 Å². The van der Waals surface area contributed by atoms with Gasteiger partial charge < -0.3 is 4.98 Å². The Labute approximate surface area is 189 Å². The standard InChI is InChI=1S/C25H34N6O/c1-16-9-11-30(12-10-16)23(24-27-28-29-31(24)20-7-5-4-6-8-20)21-15-19-13-17(2)18(3)14-22(19)26-25(21)32/h13-16,20,23H,4-12H2,1-3H3,(H,26,32)/t23-/m1/s1. The summed E-state index contributed by atoms with van der Waals surface area (Å²) >= 11 is 0. The van der Waals surface area contributed by atoms with Crippen LogP contribution in [0, 0.1) is 19.8 Å². The first-order valence-electron chi connectivity index (χ1n) is 12.2. The third-order valence-corrected chi connectivity index (χ3v) is 7.65. The minimum atomic E-state index is -0.228. The summed E-state index contributed by atoms with van der Waals surface area (Å²) in [5.41, 5.74) is 4.01. The lowest BCUT2D eigenvalue weighted by Gasteiger charge is -2.36. The summed E-state index contributed by atoms with van der Waals surface area (Å²) in [4.78, 5) is 19.0. The van der Waals surface area contributed by atoms with Gasteiger partial charge in [-0.05, 0) is 104 Å². The highest BCUT2D eigenvalue weighted by Gasteiger charge is 2.34. The third kappa shape index (κ3) is 3.98. The van der Waals surface area contributed by atoms with Crippen molar-refractivity contribution in [2.45, 2.75) is 77.8 Å². The first kappa shape index (κ1) is 21.3. The van der Waals surface area contributed by atoms with Gasteiger partial charge in [-0.15, -0.1) is 5.10 Å². The van der Waals surface area contributed by atoms with Gasteiger partial charge in [-0.1, -0.05) is 26.2 Å². The van der Waals surface area contributed by atoms with Crippen molar-refractivity contribution in [2.75, 3.05) is 13.1 Å². The Morgan fingerprint density at radius 2 is 1.72 bits per heavy atom. The van der Waals surface area contributed by atoms with E-state index in [-0.39, 0.29) is 11.6 Å². The maximum atomic E-state index is 13.4. The van der Waals surface area contributed by atoms with Gasteiger partial charge in [-0.3, -0.25) is 9.69 Å². The molecule has 0 radical (unpaired) electrons. The molecule has 0 spiro atoms. The van der Waals surface area contributed by atoms with E-state index in [1.807, 2.05) is 4.68 Å². The van der Waals surface area contributed by atoms with E-state index < -0.39 is 0 Å². The monoisotopic (exact) mass is 434 g/mol. The highest BCUT2D eigenvalue weighted by Crippen LogP contribution is 2.34. The molecular formula is C25H34N6O. The van der Waals surface area contributed by atoms with Crippen LogP contribution in [0.4, 0.5) is 0 Å². The number of likely N-dealkylation sites (tertiary alicyclic amines) is 1. The molecule has 7 nitrogen and oxygen atoms in total. The first-order chi connectivity index (χ1) is 15.5. The first-order valence-corrected chi connectivity index (χ1v) is 12.2. The van der Waals surface area contributed by atoms with E-state index >= 15 is 0 Å². The van der Waals surface area contributed by atoms with E-state index in [1.54, 1.807) is 0 Å². The van der Waals surface area contributed by atoms with Gasteiger partial charge in [0.25, 0.3) is 5.56 Å². The van der Waals surface area contributed by atoms with Crippen molar-refractivity contribution in [1.82, 2.24) is 30.1 Å². The fourth-order valence-corrected chi connectivity index (χ4v) is 5.45. The molecule has 1 aliphatic heterocycles. The number of hydrogen-bond acceptors (Lipinski definition) is 5. The second-order valence-corrected chi connectivity index (χ2v) is 9.97. The molecule has 7 heteroatoms. The molecule has 5 rings (SSSR count). The number of H-pyrrole nitrogens is 1. The highest BCUT2D eigenvalue weighted by molar-refractivity contribution is 5.81. The third-order valence-electron chi connectivity index (χ3n) is 7.65. The van der Waals surface area contributed by atoms with Crippen LogP contribution in [0.3, 0.4) is 0 Å². The topological polar surface area (TPSA) is 79.7 Å². The van der Waals surface area contributed by atoms with E-state index in [4.69, 9.17) is 0 Å². The number of tetrazole rings is 1. The SMILES string of the molecule is Cc1cc2cc([C@H](c3nnnn3C3CCCCC3)N3CCC(C)CC3)c(=O)[nH]c2cc1C. The molecule has 2 aromatic heterocycles. The zero-order valence-electron chi connectivity index (χ0n) is 19.5. The van der Waals surface area contributed by atoms with E-state index in [2.05, 4.69) is 64.4 Å². The van der Waals surface area contributed by atoms with Crippen LogP contribution in [-0.4, -0.2) is 43.2 Å². The Balaban J connectivity index is 1.63. The van der Waals surface area contributed by atoms with Gasteiger partial charge >= 0.3 is 0 Å². The van der Waals surface area contributed by atoms with Gasteiger partial charge in [0.2, 0.25) is 0 Å². The molecule has 1 N–H and O–H groups in total. The van der Waals surface area contributed by atoms with Gasteiger partial charge in [0.1, 0.15) is 6.04 Å². The molecule has 1 saturated carbocycles. The molecule has 2 aliphatic rings. The van der Waals surface area contributed by atoms with Gasteiger partial charge in [-0.2, -0.15) is 0 Å². The fourth-order valence-electron chi connectivity index (χ4n) is 5.45. The Morgan fingerprint density at radius 1 is 1.00 bits per heavy atom. The largest absolute Gasteiger partial charge is 0.322 e. The number of fused-ring (bicyclic) bond motifs is 1. The molecule has 170 valence electrons. The number of pyridine rings is 1. The normalized spacial score (nSPS) is 20.1. The Hall–Kier alpha value is -2.54. The molecule has 1 saturated heterocycles. The summed E-state index contributed by atoms with van der Waals surface area (Å²) in [5.74, 6) is 1.53. The Kier molecular flexibility index (Phi) is 5.84. The summed E-state index contributed by atoms with van der Waals surface area (Å²) in [5, 5.41) is 14.1. The quantitative estimate of drug-likeness (QED) is 0.656. The fraction of sp³-hybridized carbons (Fsp3) is 0.600. The molecule has 1 aliphatic carbocycles. The van der Waals surface area contributed by atoms with E-state index in [9.17, 15) is 4.79 Å². The van der Waals surface area contributed by atoms with Crippen LogP contribution in [0.25, 0.3) is 10.9 Å². The molecule has 0 unspecified atom stereocenters. The summed E-state index contributed by atoms with van der Waals surface area (Å²) in [7, 11) is 0. The van der Waals surface area contributed by atoms with Crippen molar-refractivity contribution in [2.24, 2.45) is 5.92 Å². The van der Waals surface area contributed by atoms with E-state index in [1.165, 1.54) is 30.4 Å². The number of rotatable bonds is 4. The van der Waals surface area contributed by atoms with Gasteiger partial charge in [-0.25, -0.2) is 4.68 Å². The van der Waals surface area contributed by atoms with Crippen LogP contribution in [-0.2, 0) is 0 Å². The minimum Gasteiger partial charge on any atom is -0.322 e. The minimum absolute atomic E-state index is 0.0393. The lowest BCUT2D eigenvalue weighted by atomic mass is 9.93. The number of benzene rings is 1. The van der Waals surface area contributed by atoms with Gasteiger partial charge in [0, 0.05) is 11.1 Å². The summed E-state index contributed by atoms with van der Waals surface area (Å²) in [6, 6.07) is 6.41. The number of aromatic nitrogens is 5. The van der Waals surface area contributed by atoms with Crippen molar-refractivity contribution in [1.29, 1.82) is 0 Å². The maximum Gasteiger partial charge on any atom is 0.253 e.